The highest BCUT2D eigenvalue weighted by atomic mass is 16.4. The molecule has 92 valence electrons. The summed E-state index contributed by atoms with van der Waals surface area (Å²) in [5, 5.41) is 18.2. The smallest absolute Gasteiger partial charge is 0.321 e. The van der Waals surface area contributed by atoms with Crippen LogP contribution in [-0.4, -0.2) is 46.8 Å². The van der Waals surface area contributed by atoms with E-state index >= 15 is 0 Å². The molecule has 0 aromatic carbocycles. The predicted octanol–water partition coefficient (Wildman–Crippen LogP) is 0.944. The number of aliphatic hydroxyl groups excluding tert-OH is 1. The van der Waals surface area contributed by atoms with Crippen LogP contribution < -0.4 is 0 Å². The molecule has 2 unspecified atom stereocenters. The molecule has 1 saturated carbocycles. The molecule has 4 nitrogen and oxygen atoms in total. The van der Waals surface area contributed by atoms with E-state index in [0.717, 1.165) is 45.2 Å². The highest BCUT2D eigenvalue weighted by molar-refractivity contribution is 5.74. The van der Waals surface area contributed by atoms with Gasteiger partial charge in [-0.05, 0) is 50.5 Å². The molecular formula is C12H21NO3. The van der Waals surface area contributed by atoms with E-state index in [-0.39, 0.29) is 12.6 Å². The number of piperidine rings is 1. The molecule has 2 fully saturated rings. The Bertz CT molecular complexity index is 251. The minimum atomic E-state index is -0.660. The van der Waals surface area contributed by atoms with Gasteiger partial charge in [0.2, 0.25) is 0 Å². The average molecular weight is 227 g/mol. The van der Waals surface area contributed by atoms with E-state index in [1.165, 1.54) is 0 Å². The zero-order chi connectivity index (χ0) is 11.5. The Morgan fingerprint density at radius 3 is 2.69 bits per heavy atom. The molecule has 2 N–H and O–H groups in total. The number of nitrogens with zero attached hydrogens (tertiary/aromatic N) is 1. The molecule has 0 amide bonds. The summed E-state index contributed by atoms with van der Waals surface area (Å²) >= 11 is 0. The number of carbonyl (C=O) groups is 1. The number of aliphatic carboxylic acids is 1. The molecule has 2 aliphatic rings. The standard InChI is InChI=1S/C12H21NO3/c14-7-5-9-2-1-6-13(8-9)11(12(15)16)10-3-4-10/h9-11,14H,1-8H2,(H,15,16). The van der Waals surface area contributed by atoms with Crippen molar-refractivity contribution in [3.63, 3.8) is 0 Å². The summed E-state index contributed by atoms with van der Waals surface area (Å²) in [6.45, 7) is 1.99. The van der Waals surface area contributed by atoms with Gasteiger partial charge in [-0.2, -0.15) is 0 Å². The molecule has 16 heavy (non-hydrogen) atoms. The van der Waals surface area contributed by atoms with E-state index < -0.39 is 5.97 Å². The Labute approximate surface area is 96.3 Å². The number of carboxylic acids is 1. The highest BCUT2D eigenvalue weighted by Crippen LogP contribution is 2.37. The molecule has 0 aromatic heterocycles. The largest absolute Gasteiger partial charge is 0.480 e. The van der Waals surface area contributed by atoms with Crippen molar-refractivity contribution >= 4 is 5.97 Å². The molecule has 0 radical (unpaired) electrons. The summed E-state index contributed by atoms with van der Waals surface area (Å²) < 4.78 is 0. The van der Waals surface area contributed by atoms with Crippen LogP contribution in [0.25, 0.3) is 0 Å². The van der Waals surface area contributed by atoms with Crippen molar-refractivity contribution in [2.45, 2.75) is 38.1 Å². The van der Waals surface area contributed by atoms with Crippen molar-refractivity contribution in [2.75, 3.05) is 19.7 Å². The van der Waals surface area contributed by atoms with Crippen LogP contribution in [0.2, 0.25) is 0 Å². The van der Waals surface area contributed by atoms with Crippen LogP contribution >= 0.6 is 0 Å². The number of rotatable bonds is 5. The lowest BCUT2D eigenvalue weighted by molar-refractivity contribution is -0.145. The van der Waals surface area contributed by atoms with Gasteiger partial charge >= 0.3 is 5.97 Å². The zero-order valence-electron chi connectivity index (χ0n) is 9.64. The predicted molar refractivity (Wildman–Crippen MR) is 60.1 cm³/mol. The third-order valence-corrected chi connectivity index (χ3v) is 3.80. The van der Waals surface area contributed by atoms with Gasteiger partial charge < -0.3 is 10.2 Å². The topological polar surface area (TPSA) is 60.8 Å². The molecule has 1 saturated heterocycles. The van der Waals surface area contributed by atoms with Crippen LogP contribution in [0.1, 0.15) is 32.1 Å². The maximum Gasteiger partial charge on any atom is 0.321 e. The first-order chi connectivity index (χ1) is 7.72. The van der Waals surface area contributed by atoms with Crippen LogP contribution in [-0.2, 0) is 4.79 Å². The van der Waals surface area contributed by atoms with Gasteiger partial charge in [-0.25, -0.2) is 0 Å². The fourth-order valence-electron chi connectivity index (χ4n) is 2.84. The summed E-state index contributed by atoms with van der Waals surface area (Å²) in [5.74, 6) is 0.205. The Morgan fingerprint density at radius 2 is 2.12 bits per heavy atom. The number of hydrogen-bond donors (Lipinski definition) is 2. The second-order valence-corrected chi connectivity index (χ2v) is 5.14. The molecule has 1 heterocycles. The summed E-state index contributed by atoms with van der Waals surface area (Å²) in [6, 6.07) is -0.263. The van der Waals surface area contributed by atoms with Gasteiger partial charge in [-0.3, -0.25) is 9.69 Å². The lowest BCUT2D eigenvalue weighted by atomic mass is 9.93. The molecule has 2 rings (SSSR count). The molecule has 1 aliphatic carbocycles. The van der Waals surface area contributed by atoms with Crippen molar-refractivity contribution in [1.82, 2.24) is 4.90 Å². The minimum absolute atomic E-state index is 0.222. The second kappa shape index (κ2) is 5.15. The third-order valence-electron chi connectivity index (χ3n) is 3.80. The summed E-state index contributed by atoms with van der Waals surface area (Å²) in [4.78, 5) is 13.4. The van der Waals surface area contributed by atoms with Crippen LogP contribution in [0.5, 0.6) is 0 Å². The highest BCUT2D eigenvalue weighted by Gasteiger charge is 2.41. The van der Waals surface area contributed by atoms with Gasteiger partial charge in [0.15, 0.2) is 0 Å². The first kappa shape index (κ1) is 11.9. The van der Waals surface area contributed by atoms with Crippen LogP contribution in [0, 0.1) is 11.8 Å². The lowest BCUT2D eigenvalue weighted by Crippen LogP contribution is -2.48. The second-order valence-electron chi connectivity index (χ2n) is 5.14. The van der Waals surface area contributed by atoms with Crippen molar-refractivity contribution in [1.29, 1.82) is 0 Å². The van der Waals surface area contributed by atoms with Gasteiger partial charge in [-0.1, -0.05) is 0 Å². The number of likely N-dealkylation sites (tertiary alicyclic amines) is 1. The van der Waals surface area contributed by atoms with Crippen molar-refractivity contribution in [3.05, 3.63) is 0 Å². The number of hydrogen-bond acceptors (Lipinski definition) is 3. The van der Waals surface area contributed by atoms with Crippen LogP contribution in [0.15, 0.2) is 0 Å². The fraction of sp³-hybridized carbons (Fsp3) is 0.917. The Kier molecular flexibility index (Phi) is 3.82. The zero-order valence-corrected chi connectivity index (χ0v) is 9.64. The van der Waals surface area contributed by atoms with E-state index in [0.29, 0.717) is 11.8 Å². The van der Waals surface area contributed by atoms with Gasteiger partial charge in [0.25, 0.3) is 0 Å². The van der Waals surface area contributed by atoms with E-state index in [9.17, 15) is 9.90 Å². The van der Waals surface area contributed by atoms with Gasteiger partial charge in [0, 0.05) is 13.2 Å². The van der Waals surface area contributed by atoms with Crippen molar-refractivity contribution in [3.8, 4) is 0 Å². The average Bonchev–Trinajstić information content (AvgIpc) is 3.03. The number of carboxylic acid groups (broad SMARTS) is 1. The van der Waals surface area contributed by atoms with Crippen molar-refractivity contribution < 1.29 is 15.0 Å². The number of aliphatic hydroxyl groups is 1. The first-order valence-corrected chi connectivity index (χ1v) is 6.30. The summed E-state index contributed by atoms with van der Waals surface area (Å²) in [6.07, 6.45) is 5.15. The monoisotopic (exact) mass is 227 g/mol. The molecule has 4 heteroatoms. The van der Waals surface area contributed by atoms with Crippen molar-refractivity contribution in [2.24, 2.45) is 11.8 Å². The summed E-state index contributed by atoms with van der Waals surface area (Å²) in [5.41, 5.74) is 0. The third kappa shape index (κ3) is 2.74. The SMILES string of the molecule is O=C(O)C(C1CC1)N1CCCC(CCO)C1. The Balaban J connectivity index is 1.93. The molecular weight excluding hydrogens is 206 g/mol. The van der Waals surface area contributed by atoms with E-state index in [1.807, 2.05) is 0 Å². The van der Waals surface area contributed by atoms with Crippen LogP contribution in [0.4, 0.5) is 0 Å². The fourth-order valence-corrected chi connectivity index (χ4v) is 2.84. The molecule has 0 spiro atoms. The maximum absolute atomic E-state index is 11.3. The lowest BCUT2D eigenvalue weighted by Gasteiger charge is -2.36. The normalized spacial score (nSPS) is 28.9. The molecule has 1 aliphatic heterocycles. The van der Waals surface area contributed by atoms with Gasteiger partial charge in [0.05, 0.1) is 0 Å². The van der Waals surface area contributed by atoms with E-state index in [2.05, 4.69) is 4.90 Å². The van der Waals surface area contributed by atoms with Crippen LogP contribution in [0.3, 0.4) is 0 Å². The minimum Gasteiger partial charge on any atom is -0.480 e. The quantitative estimate of drug-likeness (QED) is 0.734. The molecule has 0 aromatic rings. The van der Waals surface area contributed by atoms with E-state index in [1.54, 1.807) is 0 Å². The van der Waals surface area contributed by atoms with E-state index in [4.69, 9.17) is 5.11 Å². The van der Waals surface area contributed by atoms with Gasteiger partial charge in [0.1, 0.15) is 6.04 Å². The molecule has 0 bridgehead atoms. The Hall–Kier alpha value is -0.610. The first-order valence-electron chi connectivity index (χ1n) is 6.30. The Morgan fingerprint density at radius 1 is 1.38 bits per heavy atom. The molecule has 2 atom stereocenters. The van der Waals surface area contributed by atoms with Gasteiger partial charge in [-0.15, -0.1) is 0 Å². The maximum atomic E-state index is 11.3. The summed E-state index contributed by atoms with van der Waals surface area (Å²) in [7, 11) is 0.